The number of carbonyl (C=O) groups is 1. The van der Waals surface area contributed by atoms with Crippen LogP contribution in [0.4, 0.5) is 11.4 Å². The van der Waals surface area contributed by atoms with Gasteiger partial charge in [-0.3, -0.25) is 4.79 Å². The minimum absolute atomic E-state index is 0.0541. The van der Waals surface area contributed by atoms with Gasteiger partial charge >= 0.3 is 0 Å². The number of hydrogen-bond acceptors (Lipinski definition) is 4. The third-order valence-corrected chi connectivity index (χ3v) is 5.08. The molecular weight excluding hydrogens is 318 g/mol. The molecule has 1 aliphatic heterocycles. The summed E-state index contributed by atoms with van der Waals surface area (Å²) < 4.78 is 0. The molecule has 4 rings (SSSR count). The van der Waals surface area contributed by atoms with Crippen LogP contribution in [-0.4, -0.2) is 10.9 Å². The molecular formula is C19H15N3OS. The summed E-state index contributed by atoms with van der Waals surface area (Å²) in [7, 11) is 0. The summed E-state index contributed by atoms with van der Waals surface area (Å²) >= 11 is 1.60. The minimum atomic E-state index is -0.0541. The Kier molecular flexibility index (Phi) is 3.70. The molecule has 0 bridgehead atoms. The third-order valence-electron chi connectivity index (χ3n) is 3.95. The molecule has 0 saturated carbocycles. The first-order chi connectivity index (χ1) is 11.7. The Hall–Kier alpha value is -2.79. The van der Waals surface area contributed by atoms with E-state index in [9.17, 15) is 4.79 Å². The van der Waals surface area contributed by atoms with Crippen molar-refractivity contribution in [3.8, 4) is 0 Å². The lowest BCUT2D eigenvalue weighted by Crippen LogP contribution is -2.30. The van der Waals surface area contributed by atoms with Crippen molar-refractivity contribution < 1.29 is 4.79 Å². The van der Waals surface area contributed by atoms with E-state index >= 15 is 0 Å². The van der Waals surface area contributed by atoms with Gasteiger partial charge in [-0.05, 0) is 48.0 Å². The average molecular weight is 333 g/mol. The van der Waals surface area contributed by atoms with Crippen LogP contribution in [0.25, 0.3) is 0 Å². The number of amides is 1. The molecule has 118 valence electrons. The molecule has 0 spiro atoms. The van der Waals surface area contributed by atoms with Gasteiger partial charge in [0, 0.05) is 22.3 Å². The fourth-order valence-electron chi connectivity index (χ4n) is 2.72. The molecule has 0 atom stereocenters. The number of rotatable bonds is 1. The molecule has 1 aromatic heterocycles. The van der Waals surface area contributed by atoms with Crippen molar-refractivity contribution in [3.63, 3.8) is 0 Å². The maximum atomic E-state index is 13.1. The predicted molar refractivity (Wildman–Crippen MR) is 96.2 cm³/mol. The SMILES string of the molecule is Nc1ccc(C(=O)N2Cc3ccccc3Sc3ncccc32)cc1. The molecule has 3 aromatic rings. The van der Waals surface area contributed by atoms with Crippen LogP contribution in [0.5, 0.6) is 0 Å². The third kappa shape index (κ3) is 2.63. The van der Waals surface area contributed by atoms with Crippen molar-refractivity contribution in [2.45, 2.75) is 16.5 Å². The standard InChI is InChI=1S/C19H15N3OS/c20-15-9-7-13(8-10-15)19(23)22-12-14-4-1-2-6-17(14)24-18-16(22)5-3-11-21-18/h1-11H,12,20H2. The first-order valence-corrected chi connectivity index (χ1v) is 8.42. The summed E-state index contributed by atoms with van der Waals surface area (Å²) in [6.07, 6.45) is 1.76. The van der Waals surface area contributed by atoms with E-state index in [1.54, 1.807) is 47.1 Å². The molecule has 0 fully saturated rings. The van der Waals surface area contributed by atoms with Crippen LogP contribution in [0.3, 0.4) is 0 Å². The zero-order valence-corrected chi connectivity index (χ0v) is 13.7. The summed E-state index contributed by atoms with van der Waals surface area (Å²) in [5, 5.41) is 0.839. The number of aromatic nitrogens is 1. The fraction of sp³-hybridized carbons (Fsp3) is 0.0526. The minimum Gasteiger partial charge on any atom is -0.399 e. The molecule has 0 saturated heterocycles. The lowest BCUT2D eigenvalue weighted by Gasteiger charge is -2.22. The van der Waals surface area contributed by atoms with Gasteiger partial charge in [-0.25, -0.2) is 4.98 Å². The number of nitrogens with zero attached hydrogens (tertiary/aromatic N) is 2. The maximum Gasteiger partial charge on any atom is 0.258 e. The summed E-state index contributed by atoms with van der Waals surface area (Å²) in [6, 6.07) is 18.9. The van der Waals surface area contributed by atoms with E-state index in [1.807, 2.05) is 24.3 Å². The van der Waals surface area contributed by atoms with Gasteiger partial charge in [0.05, 0.1) is 12.2 Å². The van der Waals surface area contributed by atoms with E-state index in [-0.39, 0.29) is 5.91 Å². The molecule has 1 amide bonds. The van der Waals surface area contributed by atoms with Crippen molar-refractivity contribution in [3.05, 3.63) is 78.0 Å². The summed E-state index contributed by atoms with van der Waals surface area (Å²) in [4.78, 5) is 20.5. The number of nitrogen functional groups attached to an aromatic ring is 1. The molecule has 2 aromatic carbocycles. The Morgan fingerprint density at radius 3 is 2.67 bits per heavy atom. The molecule has 2 heterocycles. The molecule has 0 radical (unpaired) electrons. The smallest absolute Gasteiger partial charge is 0.258 e. The van der Waals surface area contributed by atoms with E-state index in [4.69, 9.17) is 5.73 Å². The van der Waals surface area contributed by atoms with Crippen molar-refractivity contribution in [2.75, 3.05) is 10.6 Å². The quantitative estimate of drug-likeness (QED) is 0.685. The number of anilines is 2. The van der Waals surface area contributed by atoms with Crippen LogP contribution >= 0.6 is 11.8 Å². The normalized spacial score (nSPS) is 12.9. The van der Waals surface area contributed by atoms with Crippen molar-refractivity contribution in [1.82, 2.24) is 4.98 Å². The monoisotopic (exact) mass is 333 g/mol. The van der Waals surface area contributed by atoms with E-state index in [2.05, 4.69) is 17.1 Å². The summed E-state index contributed by atoms with van der Waals surface area (Å²) in [6.45, 7) is 0.519. The lowest BCUT2D eigenvalue weighted by molar-refractivity contribution is 0.0984. The maximum absolute atomic E-state index is 13.1. The predicted octanol–water partition coefficient (Wildman–Crippen LogP) is 3.98. The molecule has 0 aliphatic carbocycles. The number of nitrogens with two attached hydrogens (primary N) is 1. The van der Waals surface area contributed by atoms with Crippen molar-refractivity contribution >= 4 is 29.0 Å². The van der Waals surface area contributed by atoms with E-state index in [0.29, 0.717) is 17.8 Å². The molecule has 2 N–H and O–H groups in total. The Bertz CT molecular complexity index is 908. The second kappa shape index (κ2) is 6.02. The Balaban J connectivity index is 1.81. The zero-order chi connectivity index (χ0) is 16.5. The second-order valence-electron chi connectivity index (χ2n) is 5.55. The Labute approximate surface area is 144 Å². The number of fused-ring (bicyclic) bond motifs is 2. The zero-order valence-electron chi connectivity index (χ0n) is 12.8. The summed E-state index contributed by atoms with van der Waals surface area (Å²) in [5.41, 5.74) is 8.94. The molecule has 4 nitrogen and oxygen atoms in total. The highest BCUT2D eigenvalue weighted by Gasteiger charge is 2.25. The van der Waals surface area contributed by atoms with Gasteiger partial charge in [-0.2, -0.15) is 0 Å². The van der Waals surface area contributed by atoms with Crippen LogP contribution in [0.15, 0.2) is 76.8 Å². The van der Waals surface area contributed by atoms with Crippen molar-refractivity contribution in [2.24, 2.45) is 0 Å². The van der Waals surface area contributed by atoms with E-state index in [0.717, 1.165) is 21.2 Å². The first kappa shape index (κ1) is 14.8. The van der Waals surface area contributed by atoms with Gasteiger partial charge in [-0.15, -0.1) is 0 Å². The van der Waals surface area contributed by atoms with Gasteiger partial charge in [0.25, 0.3) is 5.91 Å². The van der Waals surface area contributed by atoms with Gasteiger partial charge in [0.15, 0.2) is 0 Å². The van der Waals surface area contributed by atoms with Crippen LogP contribution in [0, 0.1) is 0 Å². The van der Waals surface area contributed by atoms with Gasteiger partial charge < -0.3 is 10.6 Å². The number of benzene rings is 2. The van der Waals surface area contributed by atoms with Gasteiger partial charge in [-0.1, -0.05) is 30.0 Å². The van der Waals surface area contributed by atoms with E-state index < -0.39 is 0 Å². The van der Waals surface area contributed by atoms with Gasteiger partial charge in [0.2, 0.25) is 0 Å². The molecule has 0 unspecified atom stereocenters. The Morgan fingerprint density at radius 1 is 1.04 bits per heavy atom. The summed E-state index contributed by atoms with van der Waals surface area (Å²) in [5.74, 6) is -0.0541. The van der Waals surface area contributed by atoms with Crippen molar-refractivity contribution in [1.29, 1.82) is 0 Å². The number of carbonyl (C=O) groups excluding carboxylic acids is 1. The largest absolute Gasteiger partial charge is 0.399 e. The Morgan fingerprint density at radius 2 is 1.83 bits per heavy atom. The van der Waals surface area contributed by atoms with Crippen LogP contribution < -0.4 is 10.6 Å². The van der Waals surface area contributed by atoms with Gasteiger partial charge in [0.1, 0.15) is 5.03 Å². The van der Waals surface area contributed by atoms with Crippen LogP contribution in [0.1, 0.15) is 15.9 Å². The fourth-order valence-corrected chi connectivity index (χ4v) is 3.74. The first-order valence-electron chi connectivity index (χ1n) is 7.60. The molecule has 1 aliphatic rings. The highest BCUT2D eigenvalue weighted by atomic mass is 32.2. The van der Waals surface area contributed by atoms with Crippen LogP contribution in [-0.2, 0) is 6.54 Å². The molecule has 24 heavy (non-hydrogen) atoms. The topological polar surface area (TPSA) is 59.2 Å². The second-order valence-corrected chi connectivity index (χ2v) is 6.58. The number of hydrogen-bond donors (Lipinski definition) is 1. The highest BCUT2D eigenvalue weighted by molar-refractivity contribution is 7.99. The number of pyridine rings is 1. The van der Waals surface area contributed by atoms with Crippen LogP contribution in [0.2, 0.25) is 0 Å². The molecule has 5 heteroatoms. The van der Waals surface area contributed by atoms with E-state index in [1.165, 1.54) is 0 Å². The highest BCUT2D eigenvalue weighted by Crippen LogP contribution is 2.40. The average Bonchev–Trinajstić information content (AvgIpc) is 2.78. The lowest BCUT2D eigenvalue weighted by atomic mass is 10.1.